The first-order chi connectivity index (χ1) is 15.1. The molecule has 7 nitrogen and oxygen atoms in total. The van der Waals surface area contributed by atoms with Gasteiger partial charge in [0.1, 0.15) is 5.54 Å². The molecule has 0 spiro atoms. The van der Waals surface area contributed by atoms with E-state index in [0.29, 0.717) is 29.8 Å². The molecule has 1 fully saturated rings. The van der Waals surface area contributed by atoms with Crippen LogP contribution in [0.1, 0.15) is 16.1 Å². The zero-order chi connectivity index (χ0) is 21.3. The highest BCUT2D eigenvalue weighted by molar-refractivity contribution is 8.13. The van der Waals surface area contributed by atoms with Crippen molar-refractivity contribution >= 4 is 28.8 Å². The summed E-state index contributed by atoms with van der Waals surface area (Å²) < 4.78 is 13.3. The van der Waals surface area contributed by atoms with Gasteiger partial charge in [-0.3, -0.25) is 9.78 Å². The van der Waals surface area contributed by atoms with Crippen LogP contribution in [-0.2, 0) is 5.54 Å². The third-order valence-corrected chi connectivity index (χ3v) is 6.56. The number of halogens is 1. The molecule has 0 bridgehead atoms. The second-order valence-corrected chi connectivity index (χ2v) is 8.47. The highest BCUT2D eigenvalue weighted by Gasteiger charge is 2.52. The molecule has 9 heteroatoms. The summed E-state index contributed by atoms with van der Waals surface area (Å²) in [6.45, 7) is 1.16. The fraction of sp³-hybridized carbons (Fsp3) is 0.227. The van der Waals surface area contributed by atoms with Crippen LogP contribution in [-0.4, -0.2) is 44.9 Å². The Hall–Kier alpha value is -3.33. The third kappa shape index (κ3) is 3.76. The van der Waals surface area contributed by atoms with Gasteiger partial charge >= 0.3 is 0 Å². The second kappa shape index (κ2) is 8.07. The van der Waals surface area contributed by atoms with Gasteiger partial charge in [0.2, 0.25) is 5.95 Å². The number of pyridine rings is 1. The molecule has 2 aliphatic heterocycles. The highest BCUT2D eigenvalue weighted by atomic mass is 32.2. The van der Waals surface area contributed by atoms with Crippen molar-refractivity contribution < 1.29 is 9.18 Å². The molecular formula is C22H19FN6OS. The third-order valence-electron chi connectivity index (χ3n) is 5.52. The molecule has 2 aliphatic rings. The first kappa shape index (κ1) is 19.6. The number of anilines is 1. The maximum atomic E-state index is 13.3. The van der Waals surface area contributed by atoms with E-state index in [1.807, 2.05) is 41.3 Å². The number of amidine groups is 1. The minimum absolute atomic E-state index is 0.137. The van der Waals surface area contributed by atoms with Crippen LogP contribution < -0.4 is 10.2 Å². The van der Waals surface area contributed by atoms with E-state index in [2.05, 4.69) is 20.3 Å². The maximum Gasteiger partial charge on any atom is 0.257 e. The van der Waals surface area contributed by atoms with E-state index in [-0.39, 0.29) is 11.8 Å². The van der Waals surface area contributed by atoms with E-state index < -0.39 is 11.4 Å². The zero-order valence-electron chi connectivity index (χ0n) is 16.5. The Labute approximate surface area is 182 Å². The van der Waals surface area contributed by atoms with Crippen LogP contribution in [0.2, 0.25) is 0 Å². The predicted octanol–water partition coefficient (Wildman–Crippen LogP) is 2.88. The van der Waals surface area contributed by atoms with Crippen molar-refractivity contribution in [2.24, 2.45) is 10.9 Å². The van der Waals surface area contributed by atoms with Gasteiger partial charge in [-0.2, -0.15) is 0 Å². The molecular weight excluding hydrogens is 415 g/mol. The molecule has 31 heavy (non-hydrogen) atoms. The van der Waals surface area contributed by atoms with Crippen LogP contribution in [0, 0.1) is 11.7 Å². The summed E-state index contributed by atoms with van der Waals surface area (Å²) in [7, 11) is 0. The number of hydrogen-bond acceptors (Lipinski definition) is 7. The summed E-state index contributed by atoms with van der Waals surface area (Å²) in [6, 6.07) is 14.8. The van der Waals surface area contributed by atoms with E-state index >= 15 is 0 Å². The van der Waals surface area contributed by atoms with Crippen LogP contribution in [0.4, 0.5) is 10.3 Å². The van der Waals surface area contributed by atoms with Crippen molar-refractivity contribution in [3.05, 3.63) is 84.2 Å². The molecule has 0 aliphatic carbocycles. The fourth-order valence-electron chi connectivity index (χ4n) is 4.02. The van der Waals surface area contributed by atoms with Gasteiger partial charge in [-0.25, -0.2) is 19.4 Å². The Morgan fingerprint density at radius 3 is 2.61 bits per heavy atom. The zero-order valence-corrected chi connectivity index (χ0v) is 17.3. The molecule has 0 radical (unpaired) electrons. The molecule has 2 atom stereocenters. The van der Waals surface area contributed by atoms with Crippen molar-refractivity contribution in [2.75, 3.05) is 23.7 Å². The quantitative estimate of drug-likeness (QED) is 0.683. The minimum Gasteiger partial charge on any atom is -0.338 e. The van der Waals surface area contributed by atoms with Crippen LogP contribution in [0.3, 0.4) is 0 Å². The lowest BCUT2D eigenvalue weighted by atomic mass is 9.85. The van der Waals surface area contributed by atoms with E-state index in [9.17, 15) is 9.18 Å². The molecule has 4 heterocycles. The van der Waals surface area contributed by atoms with Crippen LogP contribution in [0.15, 0.2) is 72.1 Å². The number of carbonyl (C=O) groups excluding carboxylic acids is 1. The Kier molecular flexibility index (Phi) is 5.11. The van der Waals surface area contributed by atoms with E-state index in [1.165, 1.54) is 24.2 Å². The molecule has 1 aromatic carbocycles. The maximum absolute atomic E-state index is 13.3. The number of thioether (sulfide) groups is 1. The molecule has 2 aromatic heterocycles. The summed E-state index contributed by atoms with van der Waals surface area (Å²) in [5.74, 6) is 0.680. The van der Waals surface area contributed by atoms with Gasteiger partial charge in [0, 0.05) is 30.0 Å². The standard InChI is InChI=1S/C22H19FN6OS/c23-17-10-25-20(26-11-17)29-12-16-13-31-21(27-19(30)15-6-2-1-3-7-15)28-22(16,14-29)18-8-4-5-9-24-18/h1-11,16H,12-14H2,(H,27,28,30). The van der Waals surface area contributed by atoms with Crippen molar-refractivity contribution in [3.8, 4) is 0 Å². The van der Waals surface area contributed by atoms with Crippen molar-refractivity contribution in [1.82, 2.24) is 20.3 Å². The van der Waals surface area contributed by atoms with E-state index in [0.717, 1.165) is 11.4 Å². The Bertz CT molecular complexity index is 1110. The summed E-state index contributed by atoms with van der Waals surface area (Å²) in [4.78, 5) is 32.6. The van der Waals surface area contributed by atoms with Gasteiger partial charge in [-0.1, -0.05) is 36.0 Å². The summed E-state index contributed by atoms with van der Waals surface area (Å²) in [6.07, 6.45) is 4.08. The van der Waals surface area contributed by atoms with Crippen LogP contribution >= 0.6 is 11.8 Å². The van der Waals surface area contributed by atoms with Gasteiger partial charge in [0.15, 0.2) is 11.0 Å². The second-order valence-electron chi connectivity index (χ2n) is 7.47. The number of hydrogen-bond donors (Lipinski definition) is 1. The molecule has 0 saturated carbocycles. The Morgan fingerprint density at radius 2 is 1.87 bits per heavy atom. The first-order valence-electron chi connectivity index (χ1n) is 9.87. The largest absolute Gasteiger partial charge is 0.338 e. The first-order valence-corrected chi connectivity index (χ1v) is 10.9. The fourth-order valence-corrected chi connectivity index (χ4v) is 5.15. The lowest BCUT2D eigenvalue weighted by Crippen LogP contribution is -2.43. The number of amides is 1. The minimum atomic E-state index is -0.649. The topological polar surface area (TPSA) is 83.4 Å². The Balaban J connectivity index is 1.49. The van der Waals surface area contributed by atoms with Crippen LogP contribution in [0.5, 0.6) is 0 Å². The van der Waals surface area contributed by atoms with Gasteiger partial charge in [-0.15, -0.1) is 0 Å². The molecule has 1 saturated heterocycles. The average Bonchev–Trinajstić information content (AvgIpc) is 3.21. The summed E-state index contributed by atoms with van der Waals surface area (Å²) >= 11 is 1.52. The van der Waals surface area contributed by atoms with Gasteiger partial charge < -0.3 is 10.2 Å². The highest BCUT2D eigenvalue weighted by Crippen LogP contribution is 2.45. The van der Waals surface area contributed by atoms with Gasteiger partial charge in [0.05, 0.1) is 24.6 Å². The number of fused-ring (bicyclic) bond motifs is 1. The van der Waals surface area contributed by atoms with Crippen molar-refractivity contribution in [2.45, 2.75) is 5.54 Å². The SMILES string of the molecule is O=C(NC1=NC2(c3ccccn3)CN(c3ncc(F)cn3)CC2CS1)c1ccccc1. The molecule has 3 aromatic rings. The average molecular weight is 435 g/mol. The lowest BCUT2D eigenvalue weighted by molar-refractivity contribution is 0.0977. The molecule has 156 valence electrons. The predicted molar refractivity (Wildman–Crippen MR) is 117 cm³/mol. The number of nitrogens with one attached hydrogen (secondary N) is 1. The normalized spacial score (nSPS) is 22.5. The van der Waals surface area contributed by atoms with Gasteiger partial charge in [-0.05, 0) is 24.3 Å². The molecule has 2 unspecified atom stereocenters. The smallest absolute Gasteiger partial charge is 0.257 e. The molecule has 1 amide bonds. The van der Waals surface area contributed by atoms with Crippen molar-refractivity contribution in [3.63, 3.8) is 0 Å². The number of carbonyl (C=O) groups is 1. The number of nitrogens with zero attached hydrogens (tertiary/aromatic N) is 5. The number of aromatic nitrogens is 3. The Morgan fingerprint density at radius 1 is 1.10 bits per heavy atom. The van der Waals surface area contributed by atoms with E-state index in [1.54, 1.807) is 18.3 Å². The van der Waals surface area contributed by atoms with Crippen LogP contribution in [0.25, 0.3) is 0 Å². The number of aliphatic imine (C=N–C) groups is 1. The summed E-state index contributed by atoms with van der Waals surface area (Å²) in [5.41, 5.74) is 0.757. The summed E-state index contributed by atoms with van der Waals surface area (Å²) in [5, 5.41) is 3.52. The molecule has 5 rings (SSSR count). The monoisotopic (exact) mass is 434 g/mol. The number of benzene rings is 1. The van der Waals surface area contributed by atoms with E-state index in [4.69, 9.17) is 4.99 Å². The van der Waals surface area contributed by atoms with Gasteiger partial charge in [0.25, 0.3) is 5.91 Å². The van der Waals surface area contributed by atoms with Crippen molar-refractivity contribution in [1.29, 1.82) is 0 Å². The molecule has 1 N–H and O–H groups in total. The number of rotatable bonds is 3. The lowest BCUT2D eigenvalue weighted by Gasteiger charge is -2.34.